The van der Waals surface area contributed by atoms with Crippen molar-refractivity contribution < 1.29 is 37.0 Å². The summed E-state index contributed by atoms with van der Waals surface area (Å²) in [7, 11) is 1.34. The van der Waals surface area contributed by atoms with Gasteiger partial charge in [-0.1, -0.05) is 0 Å². The molecule has 1 fully saturated rings. The average Bonchev–Trinajstić information content (AvgIpc) is 3.08. The summed E-state index contributed by atoms with van der Waals surface area (Å²) in [4.78, 5) is 27.9. The number of ether oxygens (including phenoxy) is 1. The van der Waals surface area contributed by atoms with Crippen molar-refractivity contribution in [1.29, 1.82) is 0 Å². The van der Waals surface area contributed by atoms with Crippen molar-refractivity contribution in [3.05, 3.63) is 22.6 Å². The van der Waals surface area contributed by atoms with Crippen LogP contribution in [0.4, 0.5) is 22.4 Å². The number of hydrogen-bond donors (Lipinski definition) is 2. The van der Waals surface area contributed by atoms with Gasteiger partial charge in [-0.15, -0.1) is 11.3 Å². The van der Waals surface area contributed by atoms with E-state index in [1.165, 1.54) is 12.4 Å². The van der Waals surface area contributed by atoms with Crippen LogP contribution in [0.3, 0.4) is 0 Å². The highest BCUT2D eigenvalue weighted by Crippen LogP contribution is 2.40. The zero-order valence-corrected chi connectivity index (χ0v) is 16.0. The Bertz CT molecular complexity index is 939. The van der Waals surface area contributed by atoms with Gasteiger partial charge in [0.1, 0.15) is 12.3 Å². The maximum absolute atomic E-state index is 14.9. The maximum atomic E-state index is 14.9. The normalized spacial score (nSPS) is 16.7. The minimum absolute atomic E-state index is 0.0341. The lowest BCUT2D eigenvalue weighted by Gasteiger charge is -2.34. The van der Waals surface area contributed by atoms with Gasteiger partial charge in [0.2, 0.25) is 5.88 Å². The molecule has 12 heteroatoms. The zero-order chi connectivity index (χ0) is 21.4. The van der Waals surface area contributed by atoms with Gasteiger partial charge in [0.05, 0.1) is 21.3 Å². The number of carbonyl (C=O) groups excluding carboxylic acids is 1. The molecule has 2 amide bonds. The predicted octanol–water partition coefficient (Wildman–Crippen LogP) is 3.54. The molecule has 0 saturated carbocycles. The van der Waals surface area contributed by atoms with E-state index in [1.807, 2.05) is 0 Å². The Labute approximate surface area is 166 Å². The lowest BCUT2D eigenvalue weighted by molar-refractivity contribution is -0.136. The number of amides is 2. The van der Waals surface area contributed by atoms with E-state index in [4.69, 9.17) is 9.84 Å². The van der Waals surface area contributed by atoms with E-state index >= 15 is 0 Å². The van der Waals surface area contributed by atoms with E-state index in [1.54, 1.807) is 0 Å². The number of rotatable bonds is 4. The maximum Gasteiger partial charge on any atom is 0.418 e. The van der Waals surface area contributed by atoms with Crippen molar-refractivity contribution in [1.82, 2.24) is 15.2 Å². The van der Waals surface area contributed by atoms with Crippen LogP contribution in [0, 0.1) is 0 Å². The fourth-order valence-corrected chi connectivity index (χ4v) is 4.04. The summed E-state index contributed by atoms with van der Waals surface area (Å²) in [6, 6.07) is 0.683. The first kappa shape index (κ1) is 21.1. The molecular weight excluding hydrogens is 418 g/mol. The van der Waals surface area contributed by atoms with Gasteiger partial charge in [0, 0.05) is 44.4 Å². The van der Waals surface area contributed by atoms with Gasteiger partial charge in [-0.05, 0) is 0 Å². The number of aromatic nitrogens is 1. The molecule has 158 valence electrons. The number of carboxylic acid groups (broad SMARTS) is 1. The molecule has 1 aliphatic rings. The largest absolute Gasteiger partial charge is 0.474 e. The third-order valence-electron chi connectivity index (χ3n) is 4.69. The van der Waals surface area contributed by atoms with Gasteiger partial charge in [0.25, 0.3) is 5.91 Å². The molecule has 0 spiro atoms. The Morgan fingerprint density at radius 3 is 2.59 bits per heavy atom. The van der Waals surface area contributed by atoms with E-state index in [0.717, 1.165) is 16.2 Å². The van der Waals surface area contributed by atoms with Gasteiger partial charge in [-0.25, -0.2) is 14.2 Å². The van der Waals surface area contributed by atoms with Crippen molar-refractivity contribution in [3.63, 3.8) is 0 Å². The Kier molecular flexibility index (Phi) is 5.57. The second-order valence-electron chi connectivity index (χ2n) is 6.62. The Hall–Kier alpha value is -2.63. The number of nitrogens with zero attached hydrogens (tertiary/aromatic N) is 2. The van der Waals surface area contributed by atoms with Gasteiger partial charge < -0.3 is 20.1 Å². The van der Waals surface area contributed by atoms with Crippen molar-refractivity contribution in [2.24, 2.45) is 0 Å². The van der Waals surface area contributed by atoms with Crippen molar-refractivity contribution >= 4 is 33.6 Å². The highest BCUT2D eigenvalue weighted by Gasteiger charge is 2.38. The Morgan fingerprint density at radius 1 is 1.38 bits per heavy atom. The minimum Gasteiger partial charge on any atom is -0.474 e. The highest BCUT2D eigenvalue weighted by atomic mass is 32.1. The van der Waals surface area contributed by atoms with Crippen LogP contribution in [-0.4, -0.2) is 59.4 Å². The molecule has 1 saturated heterocycles. The SMILES string of the molecule is CNC(=O)c1csc2c(C(F)(F)F)cc(OCC3(F)CCN(C(=O)O)CC3)nc12. The number of hydrogen-bond acceptors (Lipinski definition) is 5. The molecule has 3 rings (SSSR count). The monoisotopic (exact) mass is 435 g/mol. The second kappa shape index (κ2) is 7.65. The first-order chi connectivity index (χ1) is 13.5. The number of alkyl halides is 4. The molecule has 3 heterocycles. The standard InChI is InChI=1S/C17H17F4N3O4S/c1-22-14(25)9-7-29-13-10(17(19,20)21)6-11(23-12(9)13)28-8-16(18)2-4-24(5-3-16)15(26)27/h6-7H,2-5,8H2,1H3,(H,22,25)(H,26,27). The molecule has 0 radical (unpaired) electrons. The summed E-state index contributed by atoms with van der Waals surface area (Å²) in [5.41, 5.74) is -3.12. The smallest absolute Gasteiger partial charge is 0.418 e. The molecule has 1 aliphatic heterocycles. The number of fused-ring (bicyclic) bond motifs is 1. The number of pyridine rings is 1. The molecule has 7 nitrogen and oxygen atoms in total. The summed E-state index contributed by atoms with van der Waals surface area (Å²) in [5, 5.41) is 12.5. The summed E-state index contributed by atoms with van der Waals surface area (Å²) < 4.78 is 60.3. The van der Waals surface area contributed by atoms with E-state index < -0.39 is 41.9 Å². The van der Waals surface area contributed by atoms with Crippen molar-refractivity contribution in [3.8, 4) is 5.88 Å². The topological polar surface area (TPSA) is 91.8 Å². The van der Waals surface area contributed by atoms with Crippen LogP contribution in [0.5, 0.6) is 5.88 Å². The molecule has 0 aromatic carbocycles. The first-order valence-electron chi connectivity index (χ1n) is 8.55. The highest BCUT2D eigenvalue weighted by molar-refractivity contribution is 7.17. The third kappa shape index (κ3) is 4.36. The number of halogens is 4. The predicted molar refractivity (Wildman–Crippen MR) is 96.2 cm³/mol. The van der Waals surface area contributed by atoms with E-state index in [-0.39, 0.29) is 41.7 Å². The molecule has 0 atom stereocenters. The summed E-state index contributed by atoms with van der Waals surface area (Å²) >= 11 is 0.734. The average molecular weight is 435 g/mol. The lowest BCUT2D eigenvalue weighted by atomic mass is 9.94. The van der Waals surface area contributed by atoms with E-state index in [2.05, 4.69) is 10.3 Å². The molecular formula is C17H17F4N3O4S. The number of piperidine rings is 1. The number of nitrogens with one attached hydrogen (secondary N) is 1. The second-order valence-corrected chi connectivity index (χ2v) is 7.50. The van der Waals surface area contributed by atoms with Crippen molar-refractivity contribution in [2.45, 2.75) is 24.7 Å². The number of thiophene rings is 1. The van der Waals surface area contributed by atoms with Crippen LogP contribution in [0.2, 0.25) is 0 Å². The molecule has 0 aliphatic carbocycles. The van der Waals surface area contributed by atoms with Crippen LogP contribution in [0.25, 0.3) is 10.2 Å². The van der Waals surface area contributed by atoms with Gasteiger partial charge >= 0.3 is 12.3 Å². The Morgan fingerprint density at radius 2 is 2.03 bits per heavy atom. The molecule has 0 unspecified atom stereocenters. The van der Waals surface area contributed by atoms with Crippen molar-refractivity contribution in [2.75, 3.05) is 26.7 Å². The zero-order valence-electron chi connectivity index (χ0n) is 15.2. The summed E-state index contributed by atoms with van der Waals surface area (Å²) in [6.07, 6.45) is -6.16. The van der Waals surface area contributed by atoms with Gasteiger partial charge in [-0.3, -0.25) is 4.79 Å². The molecule has 2 aromatic rings. The molecule has 29 heavy (non-hydrogen) atoms. The first-order valence-corrected chi connectivity index (χ1v) is 9.43. The fourth-order valence-electron chi connectivity index (χ4n) is 3.01. The van der Waals surface area contributed by atoms with Crippen LogP contribution in [0.15, 0.2) is 11.4 Å². The van der Waals surface area contributed by atoms with Gasteiger partial charge in [0.15, 0.2) is 0 Å². The molecule has 2 aromatic heterocycles. The van der Waals surface area contributed by atoms with Crippen LogP contribution in [-0.2, 0) is 6.18 Å². The molecule has 0 bridgehead atoms. The lowest BCUT2D eigenvalue weighted by Crippen LogP contribution is -2.46. The van der Waals surface area contributed by atoms with Gasteiger partial charge in [-0.2, -0.15) is 13.2 Å². The third-order valence-corrected chi connectivity index (χ3v) is 5.69. The summed E-state index contributed by atoms with van der Waals surface area (Å²) in [5.74, 6) is -1.05. The van der Waals surface area contributed by atoms with E-state index in [9.17, 15) is 27.2 Å². The number of likely N-dealkylation sites (tertiary alicyclic amines) is 1. The quantitative estimate of drug-likeness (QED) is 0.717. The van der Waals surface area contributed by atoms with Crippen LogP contribution < -0.4 is 10.1 Å². The van der Waals surface area contributed by atoms with Crippen LogP contribution >= 0.6 is 11.3 Å². The van der Waals surface area contributed by atoms with E-state index in [0.29, 0.717) is 6.07 Å². The molecule has 2 N–H and O–H groups in total. The van der Waals surface area contributed by atoms with Crippen LogP contribution in [0.1, 0.15) is 28.8 Å². The fraction of sp³-hybridized carbons (Fsp3) is 0.471. The number of carbonyl (C=O) groups is 2. The Balaban J connectivity index is 1.87. The summed E-state index contributed by atoms with van der Waals surface area (Å²) in [6.45, 7) is -0.655. The minimum atomic E-state index is -4.72.